The molecule has 2 heteroatoms. The molecule has 0 saturated heterocycles. The summed E-state index contributed by atoms with van der Waals surface area (Å²) in [6, 6.07) is 10.3. The topological polar surface area (TPSA) is 34.1 Å². The van der Waals surface area contributed by atoms with Gasteiger partial charge in [0.15, 0.2) is 0 Å². The number of ketones is 2. The third kappa shape index (κ3) is 5.56. The van der Waals surface area contributed by atoms with E-state index in [-0.39, 0.29) is 10.8 Å². The highest BCUT2D eigenvalue weighted by Crippen LogP contribution is 2.48. The molecular weight excluding hydrogens is 356 g/mol. The lowest BCUT2D eigenvalue weighted by Crippen LogP contribution is -2.42. The van der Waals surface area contributed by atoms with E-state index in [0.29, 0.717) is 11.6 Å². The molecule has 0 radical (unpaired) electrons. The summed E-state index contributed by atoms with van der Waals surface area (Å²) in [6.45, 7) is 11.9. The van der Waals surface area contributed by atoms with Crippen molar-refractivity contribution in [1.82, 2.24) is 0 Å². The second kappa shape index (κ2) is 10.2. The Balaban J connectivity index is 0.000000212. The third-order valence-corrected chi connectivity index (χ3v) is 6.65. The van der Waals surface area contributed by atoms with E-state index in [2.05, 4.69) is 45.6 Å². The number of allylic oxidation sites excluding steroid dienone is 3. The Bertz CT molecular complexity index is 738. The second-order valence-corrected chi connectivity index (χ2v) is 9.25. The van der Waals surface area contributed by atoms with Crippen molar-refractivity contribution in [1.29, 1.82) is 0 Å². The van der Waals surface area contributed by atoms with Crippen LogP contribution in [0.15, 0.2) is 54.1 Å². The van der Waals surface area contributed by atoms with Gasteiger partial charge in [0.2, 0.25) is 0 Å². The van der Waals surface area contributed by atoms with E-state index < -0.39 is 0 Å². The maximum absolute atomic E-state index is 12.3. The Morgan fingerprint density at radius 1 is 1.07 bits per heavy atom. The highest BCUT2D eigenvalue weighted by Gasteiger charge is 2.44. The van der Waals surface area contributed by atoms with E-state index in [9.17, 15) is 9.59 Å². The monoisotopic (exact) mass is 394 g/mol. The molecule has 2 aliphatic rings. The summed E-state index contributed by atoms with van der Waals surface area (Å²) in [4.78, 5) is 23.7. The van der Waals surface area contributed by atoms with Gasteiger partial charge in [-0.15, -0.1) is 0 Å². The van der Waals surface area contributed by atoms with Gasteiger partial charge in [-0.05, 0) is 64.9 Å². The van der Waals surface area contributed by atoms with Crippen LogP contribution in [0, 0.1) is 5.41 Å². The van der Waals surface area contributed by atoms with Gasteiger partial charge in [-0.25, -0.2) is 0 Å². The summed E-state index contributed by atoms with van der Waals surface area (Å²) in [6.07, 6.45) is 11.1. The summed E-state index contributed by atoms with van der Waals surface area (Å²) in [7, 11) is 0. The maximum atomic E-state index is 12.3. The lowest BCUT2D eigenvalue weighted by molar-refractivity contribution is -0.129. The zero-order valence-corrected chi connectivity index (χ0v) is 18.9. The fourth-order valence-corrected chi connectivity index (χ4v) is 4.43. The highest BCUT2D eigenvalue weighted by molar-refractivity contribution is 5.91. The Morgan fingerprint density at radius 2 is 1.69 bits per heavy atom. The molecule has 2 aliphatic carbocycles. The number of hydrogen-bond acceptors (Lipinski definition) is 2. The minimum atomic E-state index is -0.115. The molecule has 0 aliphatic heterocycles. The van der Waals surface area contributed by atoms with Crippen LogP contribution < -0.4 is 0 Å². The van der Waals surface area contributed by atoms with Crippen LogP contribution in [0.3, 0.4) is 0 Å². The van der Waals surface area contributed by atoms with E-state index in [4.69, 9.17) is 0 Å². The van der Waals surface area contributed by atoms with E-state index in [1.807, 2.05) is 18.2 Å². The fourth-order valence-electron chi connectivity index (χ4n) is 4.43. The van der Waals surface area contributed by atoms with Crippen molar-refractivity contribution in [2.45, 2.75) is 90.9 Å². The molecule has 0 aromatic heterocycles. The molecule has 0 heterocycles. The van der Waals surface area contributed by atoms with E-state index in [1.165, 1.54) is 23.1 Å². The Kier molecular flexibility index (Phi) is 8.19. The molecule has 1 aromatic rings. The SMILES string of the molecule is C=C1CC(CC=C(C)C)(C(C)=O)C1.CCCCC(=O)C1(c2ccccc2)CCC1. The van der Waals surface area contributed by atoms with Crippen molar-refractivity contribution in [3.63, 3.8) is 0 Å². The minimum absolute atomic E-state index is 0.0889. The standard InChI is InChI=1S/C15H20O.C12H18O/c1-2-3-10-14(16)15(11-7-12-15)13-8-5-4-6-9-13;1-9(2)5-6-12(11(4)13)7-10(3)8-12/h4-6,8-9H,2-3,7,10-12H2,1H3;5H,3,6-8H2,1-2,4H3. The first-order chi connectivity index (χ1) is 13.8. The summed E-state index contributed by atoms with van der Waals surface area (Å²) >= 11 is 0. The summed E-state index contributed by atoms with van der Waals surface area (Å²) in [5, 5.41) is 0. The van der Waals surface area contributed by atoms with Gasteiger partial charge in [-0.1, -0.05) is 73.9 Å². The molecule has 2 saturated carbocycles. The number of Topliss-reactive ketones (excluding diaryl/α,β-unsaturated/α-hetero) is 2. The molecule has 2 nitrogen and oxygen atoms in total. The molecule has 0 spiro atoms. The predicted octanol–water partition coefficient (Wildman–Crippen LogP) is 7.14. The van der Waals surface area contributed by atoms with Crippen molar-refractivity contribution >= 4 is 11.6 Å². The third-order valence-electron chi connectivity index (χ3n) is 6.65. The molecule has 0 unspecified atom stereocenters. The minimum Gasteiger partial charge on any atom is -0.299 e. The predicted molar refractivity (Wildman–Crippen MR) is 122 cm³/mol. The molecule has 0 N–H and O–H groups in total. The molecule has 0 atom stereocenters. The first-order valence-corrected chi connectivity index (χ1v) is 11.2. The normalized spacial score (nSPS) is 18.4. The van der Waals surface area contributed by atoms with E-state index >= 15 is 0 Å². The quantitative estimate of drug-likeness (QED) is 0.439. The highest BCUT2D eigenvalue weighted by atomic mass is 16.1. The second-order valence-electron chi connectivity index (χ2n) is 9.25. The molecule has 158 valence electrons. The van der Waals surface area contributed by atoms with E-state index in [0.717, 1.165) is 51.4 Å². The summed E-state index contributed by atoms with van der Waals surface area (Å²) in [5.74, 6) is 0.782. The van der Waals surface area contributed by atoms with Gasteiger partial charge in [-0.2, -0.15) is 0 Å². The molecule has 29 heavy (non-hydrogen) atoms. The Morgan fingerprint density at radius 3 is 2.10 bits per heavy atom. The number of benzene rings is 1. The van der Waals surface area contributed by atoms with Gasteiger partial charge in [0.25, 0.3) is 0 Å². The average molecular weight is 395 g/mol. The Labute approximate surface area is 177 Å². The average Bonchev–Trinajstić information content (AvgIpc) is 2.62. The number of unbranched alkanes of at least 4 members (excludes halogenated alkanes) is 1. The van der Waals surface area contributed by atoms with Crippen molar-refractivity contribution in [3.05, 3.63) is 59.7 Å². The number of carbonyl (C=O) groups excluding carboxylic acids is 2. The van der Waals surface area contributed by atoms with Gasteiger partial charge in [0, 0.05) is 11.8 Å². The maximum Gasteiger partial charge on any atom is 0.143 e. The van der Waals surface area contributed by atoms with Crippen LogP contribution in [0.1, 0.15) is 91.0 Å². The number of hydrogen-bond donors (Lipinski definition) is 0. The van der Waals surface area contributed by atoms with Crippen molar-refractivity contribution < 1.29 is 9.59 Å². The van der Waals surface area contributed by atoms with Gasteiger partial charge in [-0.3, -0.25) is 9.59 Å². The lowest BCUT2D eigenvalue weighted by Gasteiger charge is -2.41. The molecule has 1 aromatic carbocycles. The van der Waals surface area contributed by atoms with Crippen LogP contribution in [-0.2, 0) is 15.0 Å². The van der Waals surface area contributed by atoms with Crippen molar-refractivity contribution in [3.8, 4) is 0 Å². The van der Waals surface area contributed by atoms with Gasteiger partial charge < -0.3 is 0 Å². The van der Waals surface area contributed by atoms with E-state index in [1.54, 1.807) is 6.92 Å². The first-order valence-electron chi connectivity index (χ1n) is 11.2. The zero-order chi connectivity index (χ0) is 21.5. The molecular formula is C27H38O2. The van der Waals surface area contributed by atoms with Crippen molar-refractivity contribution in [2.75, 3.05) is 0 Å². The molecule has 2 fully saturated rings. The van der Waals surface area contributed by atoms with Crippen LogP contribution in [0.4, 0.5) is 0 Å². The van der Waals surface area contributed by atoms with Crippen LogP contribution >= 0.6 is 0 Å². The fraction of sp³-hybridized carbons (Fsp3) is 0.556. The largest absolute Gasteiger partial charge is 0.299 e. The van der Waals surface area contributed by atoms with Crippen molar-refractivity contribution in [2.24, 2.45) is 5.41 Å². The number of carbonyl (C=O) groups is 2. The molecule has 0 amide bonds. The van der Waals surface area contributed by atoms with Gasteiger partial charge in [0.1, 0.15) is 11.6 Å². The van der Waals surface area contributed by atoms with Crippen LogP contribution in [0.5, 0.6) is 0 Å². The molecule has 3 rings (SSSR count). The summed E-state index contributed by atoms with van der Waals surface area (Å²) in [5.41, 5.74) is 3.54. The van der Waals surface area contributed by atoms with Crippen LogP contribution in [0.25, 0.3) is 0 Å². The first kappa shape index (κ1) is 23.3. The zero-order valence-electron chi connectivity index (χ0n) is 18.9. The van der Waals surface area contributed by atoms with Gasteiger partial charge >= 0.3 is 0 Å². The smallest absolute Gasteiger partial charge is 0.143 e. The van der Waals surface area contributed by atoms with Crippen LogP contribution in [-0.4, -0.2) is 11.6 Å². The Hall–Kier alpha value is -1.96. The number of rotatable bonds is 8. The molecule has 0 bridgehead atoms. The van der Waals surface area contributed by atoms with Crippen LogP contribution in [0.2, 0.25) is 0 Å². The van der Waals surface area contributed by atoms with Gasteiger partial charge in [0.05, 0.1) is 5.41 Å². The summed E-state index contributed by atoms with van der Waals surface area (Å²) < 4.78 is 0. The lowest BCUT2D eigenvalue weighted by atomic mass is 9.61.